The van der Waals surface area contributed by atoms with Gasteiger partial charge in [0.1, 0.15) is 0 Å². The van der Waals surface area contributed by atoms with E-state index in [0.29, 0.717) is 6.54 Å². The Labute approximate surface area is 128 Å². The molecule has 22 heavy (non-hydrogen) atoms. The van der Waals surface area contributed by atoms with Crippen LogP contribution in [0.4, 0.5) is 0 Å². The average Bonchev–Trinajstić information content (AvgIpc) is 3.11. The lowest BCUT2D eigenvalue weighted by Gasteiger charge is -2.15. The van der Waals surface area contributed by atoms with Crippen LogP contribution in [0.5, 0.6) is 0 Å². The summed E-state index contributed by atoms with van der Waals surface area (Å²) in [4.78, 5) is 25.6. The van der Waals surface area contributed by atoms with Crippen molar-refractivity contribution in [1.29, 1.82) is 0 Å². The number of rotatable bonds is 4. The Balaban J connectivity index is 1.72. The van der Waals surface area contributed by atoms with E-state index in [9.17, 15) is 9.59 Å². The molecule has 0 fully saturated rings. The summed E-state index contributed by atoms with van der Waals surface area (Å²) < 4.78 is 4.99. The second-order valence-electron chi connectivity index (χ2n) is 5.66. The molecular formula is C16H19N3O3. The number of ketones is 1. The zero-order valence-electron chi connectivity index (χ0n) is 12.6. The maximum absolute atomic E-state index is 12.2. The largest absolute Gasteiger partial charge is 0.461 e. The molecule has 1 aliphatic carbocycles. The minimum atomic E-state index is -0.630. The van der Waals surface area contributed by atoms with Gasteiger partial charge in [-0.15, -0.1) is 0 Å². The number of H-pyrrole nitrogens is 1. The summed E-state index contributed by atoms with van der Waals surface area (Å²) in [6.07, 6.45) is 6.89. The SMILES string of the molecule is CN(Cc1n[nH]c2c1CCCCC2)C(=O)C(=O)c1ccco1. The van der Waals surface area contributed by atoms with E-state index in [1.54, 1.807) is 13.1 Å². The molecule has 0 saturated carbocycles. The number of carbonyl (C=O) groups excluding carboxylic acids is 2. The number of furan rings is 1. The highest BCUT2D eigenvalue weighted by atomic mass is 16.3. The molecule has 3 rings (SSSR count). The number of Topliss-reactive ketones (excluding diaryl/α,β-unsaturated/α-hetero) is 1. The van der Waals surface area contributed by atoms with E-state index >= 15 is 0 Å². The standard InChI is InChI=1S/C16H19N3O3/c1-19(16(21)15(20)14-8-5-9-22-14)10-13-11-6-3-2-4-7-12(11)17-18-13/h5,8-9H,2-4,6-7,10H2,1H3,(H,17,18). The normalized spacial score (nSPS) is 14.2. The molecule has 6 nitrogen and oxygen atoms in total. The van der Waals surface area contributed by atoms with Crippen LogP contribution < -0.4 is 0 Å². The maximum Gasteiger partial charge on any atom is 0.298 e. The number of hydrogen-bond acceptors (Lipinski definition) is 4. The van der Waals surface area contributed by atoms with E-state index in [4.69, 9.17) is 4.42 Å². The minimum Gasteiger partial charge on any atom is -0.461 e. The summed E-state index contributed by atoms with van der Waals surface area (Å²) in [5.74, 6) is -1.15. The first kappa shape index (κ1) is 14.6. The summed E-state index contributed by atoms with van der Waals surface area (Å²) in [5, 5.41) is 7.41. The first-order valence-electron chi connectivity index (χ1n) is 7.55. The van der Waals surface area contributed by atoms with Crippen molar-refractivity contribution >= 4 is 11.7 Å². The van der Waals surface area contributed by atoms with Crippen LogP contribution in [-0.4, -0.2) is 33.8 Å². The molecule has 1 amide bonds. The van der Waals surface area contributed by atoms with E-state index in [0.717, 1.165) is 25.0 Å². The van der Waals surface area contributed by atoms with E-state index in [1.165, 1.54) is 41.3 Å². The topological polar surface area (TPSA) is 79.2 Å². The number of likely N-dealkylation sites (N-methyl/N-ethyl adjacent to an activating group) is 1. The highest BCUT2D eigenvalue weighted by Crippen LogP contribution is 2.22. The van der Waals surface area contributed by atoms with Crippen LogP contribution in [-0.2, 0) is 24.2 Å². The number of aromatic nitrogens is 2. The van der Waals surface area contributed by atoms with E-state index in [1.807, 2.05) is 0 Å². The van der Waals surface area contributed by atoms with Gasteiger partial charge in [-0.3, -0.25) is 14.7 Å². The fourth-order valence-electron chi connectivity index (χ4n) is 2.84. The predicted molar refractivity (Wildman–Crippen MR) is 79.4 cm³/mol. The van der Waals surface area contributed by atoms with Gasteiger partial charge < -0.3 is 9.32 Å². The Morgan fingerprint density at radius 1 is 1.32 bits per heavy atom. The van der Waals surface area contributed by atoms with Gasteiger partial charge in [0.25, 0.3) is 11.7 Å². The number of aromatic amines is 1. The van der Waals surface area contributed by atoms with Crippen LogP contribution in [0.3, 0.4) is 0 Å². The molecule has 116 valence electrons. The quantitative estimate of drug-likeness (QED) is 0.533. The summed E-state index contributed by atoms with van der Waals surface area (Å²) in [6.45, 7) is 0.330. The van der Waals surface area contributed by atoms with Gasteiger partial charge in [0.15, 0.2) is 5.76 Å². The third kappa shape index (κ3) is 2.81. The smallest absolute Gasteiger partial charge is 0.298 e. The van der Waals surface area contributed by atoms with Crippen LogP contribution in [0, 0.1) is 0 Å². The molecule has 1 N–H and O–H groups in total. The summed E-state index contributed by atoms with van der Waals surface area (Å²) >= 11 is 0. The Kier molecular flexibility index (Phi) is 4.09. The Bertz CT molecular complexity index is 673. The van der Waals surface area contributed by atoms with Crippen molar-refractivity contribution in [2.45, 2.75) is 38.6 Å². The lowest BCUT2D eigenvalue weighted by atomic mass is 10.1. The van der Waals surface area contributed by atoms with Crippen LogP contribution >= 0.6 is 0 Å². The van der Waals surface area contributed by atoms with Crippen LogP contribution in [0.1, 0.15) is 46.8 Å². The molecule has 0 unspecified atom stereocenters. The zero-order valence-corrected chi connectivity index (χ0v) is 12.6. The number of fused-ring (bicyclic) bond motifs is 1. The molecule has 2 heterocycles. The van der Waals surface area contributed by atoms with E-state index in [2.05, 4.69) is 10.2 Å². The fraction of sp³-hybridized carbons (Fsp3) is 0.438. The molecule has 1 aliphatic rings. The molecule has 0 aliphatic heterocycles. The lowest BCUT2D eigenvalue weighted by Crippen LogP contribution is -2.33. The van der Waals surface area contributed by atoms with Crippen LogP contribution in [0.2, 0.25) is 0 Å². The number of carbonyl (C=O) groups is 2. The molecular weight excluding hydrogens is 282 g/mol. The lowest BCUT2D eigenvalue weighted by molar-refractivity contribution is -0.125. The van der Waals surface area contributed by atoms with Crippen molar-refractivity contribution in [3.63, 3.8) is 0 Å². The average molecular weight is 301 g/mol. The van der Waals surface area contributed by atoms with Gasteiger partial charge in [-0.1, -0.05) is 6.42 Å². The maximum atomic E-state index is 12.2. The van der Waals surface area contributed by atoms with Crippen molar-refractivity contribution in [3.05, 3.63) is 41.1 Å². The monoisotopic (exact) mass is 301 g/mol. The Morgan fingerprint density at radius 3 is 2.91 bits per heavy atom. The molecule has 2 aromatic rings. The molecule has 6 heteroatoms. The van der Waals surface area contributed by atoms with Gasteiger partial charge in [-0.2, -0.15) is 5.10 Å². The van der Waals surface area contributed by atoms with Crippen LogP contribution in [0.15, 0.2) is 22.8 Å². The van der Waals surface area contributed by atoms with Crippen molar-refractivity contribution in [3.8, 4) is 0 Å². The number of nitrogens with zero attached hydrogens (tertiary/aromatic N) is 2. The molecule has 0 atom stereocenters. The second-order valence-corrected chi connectivity index (χ2v) is 5.66. The Hall–Kier alpha value is -2.37. The van der Waals surface area contributed by atoms with Gasteiger partial charge in [-0.25, -0.2) is 0 Å². The van der Waals surface area contributed by atoms with E-state index in [-0.39, 0.29) is 5.76 Å². The highest BCUT2D eigenvalue weighted by molar-refractivity contribution is 6.41. The second kappa shape index (κ2) is 6.17. The molecule has 0 radical (unpaired) electrons. The first-order valence-corrected chi connectivity index (χ1v) is 7.55. The summed E-state index contributed by atoms with van der Waals surface area (Å²) in [7, 11) is 1.61. The Morgan fingerprint density at radius 2 is 2.14 bits per heavy atom. The molecule has 0 bridgehead atoms. The van der Waals surface area contributed by atoms with Crippen molar-refractivity contribution in [1.82, 2.24) is 15.1 Å². The van der Waals surface area contributed by atoms with Gasteiger partial charge in [-0.05, 0) is 43.4 Å². The van der Waals surface area contributed by atoms with Gasteiger partial charge >= 0.3 is 0 Å². The van der Waals surface area contributed by atoms with Crippen LogP contribution in [0.25, 0.3) is 0 Å². The van der Waals surface area contributed by atoms with Gasteiger partial charge in [0, 0.05) is 12.7 Å². The van der Waals surface area contributed by atoms with Crippen molar-refractivity contribution in [2.75, 3.05) is 7.05 Å². The fourth-order valence-corrected chi connectivity index (χ4v) is 2.84. The van der Waals surface area contributed by atoms with E-state index < -0.39 is 11.7 Å². The number of aryl methyl sites for hydroxylation is 1. The minimum absolute atomic E-state index is 0.0673. The molecule has 0 spiro atoms. The third-order valence-corrected chi connectivity index (χ3v) is 4.06. The van der Waals surface area contributed by atoms with Gasteiger partial charge in [0.05, 0.1) is 18.5 Å². The zero-order chi connectivity index (χ0) is 15.5. The number of amides is 1. The first-order chi connectivity index (χ1) is 10.7. The molecule has 0 saturated heterocycles. The highest BCUT2D eigenvalue weighted by Gasteiger charge is 2.25. The predicted octanol–water partition coefficient (Wildman–Crippen LogP) is 2.11. The third-order valence-electron chi connectivity index (χ3n) is 4.06. The molecule has 0 aromatic carbocycles. The molecule has 2 aromatic heterocycles. The van der Waals surface area contributed by atoms with Gasteiger partial charge in [0.2, 0.25) is 0 Å². The summed E-state index contributed by atoms with van der Waals surface area (Å²) in [5.41, 5.74) is 3.24. The van der Waals surface area contributed by atoms with Crippen molar-refractivity contribution < 1.29 is 14.0 Å². The number of hydrogen-bond donors (Lipinski definition) is 1. The summed E-state index contributed by atoms with van der Waals surface area (Å²) in [6, 6.07) is 3.09. The van der Waals surface area contributed by atoms with Crippen molar-refractivity contribution in [2.24, 2.45) is 0 Å². The number of nitrogens with one attached hydrogen (secondary N) is 1.